The van der Waals surface area contributed by atoms with Crippen LogP contribution in [0.25, 0.3) is 0 Å². The Hall–Kier alpha value is -1.33. The Morgan fingerprint density at radius 3 is 2.00 bits per heavy atom. The topological polar surface area (TPSA) is 113 Å². The van der Waals surface area contributed by atoms with E-state index in [4.69, 9.17) is 20.7 Å². The summed E-state index contributed by atoms with van der Waals surface area (Å²) in [5.41, 5.74) is 4.39. The fraction of sp³-hybridized carbons (Fsp3) is 0. The van der Waals surface area contributed by atoms with Gasteiger partial charge in [-0.25, -0.2) is 0 Å². The molecule has 6 heteroatoms. The van der Waals surface area contributed by atoms with Gasteiger partial charge in [-0.1, -0.05) is 0 Å². The van der Waals surface area contributed by atoms with E-state index in [9.17, 15) is 0 Å². The predicted octanol–water partition coefficient (Wildman–Crippen LogP) is -0.796. The third-order valence-corrected chi connectivity index (χ3v) is 0. The largest absolute Gasteiger partial charge is 0.390 e. The normalized spacial score (nSPS) is 5.14. The third kappa shape index (κ3) is 18.8. The zero-order valence-corrected chi connectivity index (χ0v) is 3.37. The zero-order valence-electron chi connectivity index (χ0n) is 3.37. The van der Waals surface area contributed by atoms with Crippen molar-refractivity contribution in [1.29, 1.82) is 5.41 Å². The monoisotopic (exact) mass is 107 g/mol. The second-order valence-corrected chi connectivity index (χ2v) is 0.405. The van der Waals surface area contributed by atoms with Crippen LogP contribution in [0.4, 0.5) is 0 Å². The molecule has 0 amide bonds. The number of nitrogens with two attached hydrogens (primary N) is 1. The molecule has 0 fully saturated rings. The lowest BCUT2D eigenvalue weighted by molar-refractivity contribution is -0.742. The van der Waals surface area contributed by atoms with Crippen molar-refractivity contribution in [3.8, 4) is 0 Å². The van der Waals surface area contributed by atoms with Crippen molar-refractivity contribution in [2.45, 2.75) is 0 Å². The molecule has 0 atom stereocenters. The van der Waals surface area contributed by atoms with E-state index in [1.807, 2.05) is 0 Å². The summed E-state index contributed by atoms with van der Waals surface area (Å²) in [4.78, 5) is 8.36. The van der Waals surface area contributed by atoms with E-state index in [0.29, 0.717) is 0 Å². The van der Waals surface area contributed by atoms with Crippen molar-refractivity contribution in [2.24, 2.45) is 5.73 Å². The molecule has 4 N–H and O–H groups in total. The Morgan fingerprint density at radius 2 is 2.00 bits per heavy atom. The molecule has 0 aromatic carbocycles. The molecular formula is CH5N3O3. The van der Waals surface area contributed by atoms with E-state index in [1.54, 1.807) is 0 Å². The number of nitrogens with one attached hydrogen (secondary N) is 1. The molecule has 0 aliphatic rings. The second-order valence-electron chi connectivity index (χ2n) is 0.405. The summed E-state index contributed by atoms with van der Waals surface area (Å²) in [7, 11) is 0. The lowest BCUT2D eigenvalue weighted by Crippen LogP contribution is -1.81. The van der Waals surface area contributed by atoms with Crippen LogP contribution < -0.4 is 5.73 Å². The maximum Gasteiger partial charge on any atom is 0.291 e. The van der Waals surface area contributed by atoms with Gasteiger partial charge in [0.25, 0.3) is 5.09 Å². The Bertz CT molecular complexity index is 57.2. The molecule has 0 radical (unpaired) electrons. The first kappa shape index (κ1) is 9.18. The van der Waals surface area contributed by atoms with Crippen molar-refractivity contribution >= 4 is 6.34 Å². The van der Waals surface area contributed by atoms with Gasteiger partial charge in [0.05, 0.1) is 6.34 Å². The average molecular weight is 107 g/mol. The number of hydrogen-bond acceptors (Lipinski definition) is 3. The van der Waals surface area contributed by atoms with Gasteiger partial charge < -0.3 is 10.9 Å². The standard InChI is InChI=1S/CH4N2.HNO3/c2-1-3;2-1(3)4/h1H,(H3,2,3);(H,2,3,4). The van der Waals surface area contributed by atoms with Gasteiger partial charge in [-0.05, 0) is 0 Å². The van der Waals surface area contributed by atoms with Crippen molar-refractivity contribution in [3.05, 3.63) is 10.1 Å². The second kappa shape index (κ2) is 8.82. The summed E-state index contributed by atoms with van der Waals surface area (Å²) in [6.45, 7) is 0. The molecule has 0 bridgehead atoms. The van der Waals surface area contributed by atoms with Crippen molar-refractivity contribution < 1.29 is 10.3 Å². The first-order chi connectivity index (χ1) is 3.15. The summed E-state index contributed by atoms with van der Waals surface area (Å²) >= 11 is 0. The van der Waals surface area contributed by atoms with Crippen LogP contribution in [0.5, 0.6) is 0 Å². The molecule has 0 aromatic heterocycles. The molecule has 0 spiro atoms. The minimum Gasteiger partial charge on any atom is -0.390 e. The van der Waals surface area contributed by atoms with Crippen LogP contribution in [0, 0.1) is 15.5 Å². The highest BCUT2D eigenvalue weighted by Gasteiger charge is 1.65. The zero-order chi connectivity index (χ0) is 6.28. The van der Waals surface area contributed by atoms with Gasteiger partial charge in [0.1, 0.15) is 0 Å². The fourth-order valence-electron chi connectivity index (χ4n) is 0. The van der Waals surface area contributed by atoms with Crippen LogP contribution in [-0.2, 0) is 0 Å². The molecule has 0 unspecified atom stereocenters. The molecule has 42 valence electrons. The molecule has 0 heterocycles. The molecule has 0 aliphatic heterocycles. The summed E-state index contributed by atoms with van der Waals surface area (Å²) in [6.07, 6.45) is 0.750. The molecule has 0 rings (SSSR count). The van der Waals surface area contributed by atoms with Crippen molar-refractivity contribution in [3.63, 3.8) is 0 Å². The Balaban J connectivity index is 0. The summed E-state index contributed by atoms with van der Waals surface area (Å²) < 4.78 is 0. The van der Waals surface area contributed by atoms with E-state index in [2.05, 4.69) is 5.73 Å². The first-order valence-corrected chi connectivity index (χ1v) is 1.19. The van der Waals surface area contributed by atoms with Gasteiger partial charge in [0, 0.05) is 0 Å². The maximum atomic E-state index is 8.36. The molecule has 0 saturated carbocycles. The van der Waals surface area contributed by atoms with E-state index in [0.717, 1.165) is 6.34 Å². The Morgan fingerprint density at radius 1 is 2.00 bits per heavy atom. The molecule has 0 saturated heterocycles. The Labute approximate surface area is 39.2 Å². The molecule has 7 heavy (non-hydrogen) atoms. The van der Waals surface area contributed by atoms with Gasteiger partial charge in [-0.15, -0.1) is 10.1 Å². The minimum absolute atomic E-state index is 0.750. The molecule has 6 nitrogen and oxygen atoms in total. The number of hydrogen-bond donors (Lipinski definition) is 3. The quantitative estimate of drug-likeness (QED) is 0.163. The Kier molecular flexibility index (Phi) is 11.6. The van der Waals surface area contributed by atoms with Crippen LogP contribution in [0.3, 0.4) is 0 Å². The summed E-state index contributed by atoms with van der Waals surface area (Å²) in [5, 5.41) is 19.5. The van der Waals surface area contributed by atoms with E-state index in [1.165, 1.54) is 0 Å². The highest BCUT2D eigenvalue weighted by atomic mass is 16.9. The van der Waals surface area contributed by atoms with E-state index >= 15 is 0 Å². The van der Waals surface area contributed by atoms with Crippen LogP contribution in [0.2, 0.25) is 0 Å². The SMILES string of the molecule is N=CN.O=[N+]([O-])O. The molecule has 0 aromatic rings. The smallest absolute Gasteiger partial charge is 0.291 e. The van der Waals surface area contributed by atoms with Crippen LogP contribution in [0.15, 0.2) is 0 Å². The van der Waals surface area contributed by atoms with Crippen molar-refractivity contribution in [2.75, 3.05) is 0 Å². The van der Waals surface area contributed by atoms with E-state index < -0.39 is 5.09 Å². The minimum atomic E-state index is -1.50. The summed E-state index contributed by atoms with van der Waals surface area (Å²) in [5.74, 6) is 0. The van der Waals surface area contributed by atoms with Crippen LogP contribution >= 0.6 is 0 Å². The molecular weight excluding hydrogens is 102 g/mol. The number of nitrogens with zero attached hydrogens (tertiary/aromatic N) is 1. The maximum absolute atomic E-state index is 8.36. The van der Waals surface area contributed by atoms with Gasteiger partial charge in [0.15, 0.2) is 0 Å². The average Bonchev–Trinajstić information content (AvgIpc) is 1.33. The predicted molar refractivity (Wildman–Crippen MR) is 21.8 cm³/mol. The summed E-state index contributed by atoms with van der Waals surface area (Å²) in [6, 6.07) is 0. The third-order valence-electron chi connectivity index (χ3n) is 0. The highest BCUT2D eigenvalue weighted by molar-refractivity contribution is 5.46. The van der Waals surface area contributed by atoms with Crippen LogP contribution in [-0.4, -0.2) is 16.6 Å². The first-order valence-electron chi connectivity index (χ1n) is 1.19. The van der Waals surface area contributed by atoms with Gasteiger partial charge in [-0.2, -0.15) is 0 Å². The van der Waals surface area contributed by atoms with Gasteiger partial charge in [-0.3, -0.25) is 5.41 Å². The van der Waals surface area contributed by atoms with Crippen molar-refractivity contribution in [1.82, 2.24) is 0 Å². The van der Waals surface area contributed by atoms with Gasteiger partial charge in [0.2, 0.25) is 0 Å². The number of rotatable bonds is 0. The molecule has 0 aliphatic carbocycles. The highest BCUT2D eigenvalue weighted by Crippen LogP contribution is 1.38. The van der Waals surface area contributed by atoms with E-state index in [-0.39, 0.29) is 0 Å². The lowest BCUT2D eigenvalue weighted by atomic mass is 11.4. The van der Waals surface area contributed by atoms with Crippen LogP contribution in [0.1, 0.15) is 0 Å². The lowest BCUT2D eigenvalue weighted by Gasteiger charge is -1.56. The van der Waals surface area contributed by atoms with Gasteiger partial charge >= 0.3 is 0 Å². The fourth-order valence-corrected chi connectivity index (χ4v) is 0.